The lowest BCUT2D eigenvalue weighted by atomic mass is 9.69. The molecule has 5 heteroatoms. The number of amides is 1. The van der Waals surface area contributed by atoms with Crippen LogP contribution in [0.1, 0.15) is 51.6 Å². The van der Waals surface area contributed by atoms with Gasteiger partial charge in [0.1, 0.15) is 0 Å². The van der Waals surface area contributed by atoms with E-state index in [9.17, 15) is 9.90 Å². The number of aliphatic hydroxyl groups excluding tert-OH is 1. The molecule has 3 rings (SSSR count). The number of hydrogen-bond acceptors (Lipinski definition) is 3. The molecule has 0 spiro atoms. The van der Waals surface area contributed by atoms with Crippen molar-refractivity contribution in [1.29, 1.82) is 0 Å². The van der Waals surface area contributed by atoms with E-state index in [0.29, 0.717) is 5.92 Å². The van der Waals surface area contributed by atoms with Gasteiger partial charge in [-0.15, -0.1) is 0 Å². The highest BCUT2D eigenvalue weighted by molar-refractivity contribution is 5.98. The van der Waals surface area contributed by atoms with E-state index in [1.165, 1.54) is 0 Å². The van der Waals surface area contributed by atoms with Crippen molar-refractivity contribution in [3.8, 4) is 0 Å². The molecule has 1 saturated carbocycles. The van der Waals surface area contributed by atoms with Crippen molar-refractivity contribution in [2.75, 3.05) is 11.4 Å². The first-order valence-corrected chi connectivity index (χ1v) is 8.02. The molecule has 21 heavy (non-hydrogen) atoms. The van der Waals surface area contributed by atoms with Crippen LogP contribution < -0.4 is 4.90 Å². The molecule has 2 N–H and O–H groups in total. The normalized spacial score (nSPS) is 26.5. The number of carbonyl (C=O) groups is 1. The summed E-state index contributed by atoms with van der Waals surface area (Å²) in [5.41, 5.74) is 1.64. The van der Waals surface area contributed by atoms with E-state index in [1.807, 2.05) is 4.90 Å². The van der Waals surface area contributed by atoms with Gasteiger partial charge in [0.15, 0.2) is 0 Å². The van der Waals surface area contributed by atoms with Crippen LogP contribution in [0.5, 0.6) is 0 Å². The van der Waals surface area contributed by atoms with Crippen LogP contribution >= 0.6 is 0 Å². The highest BCUT2D eigenvalue weighted by atomic mass is 16.3. The lowest BCUT2D eigenvalue weighted by molar-refractivity contribution is -0.130. The third-order valence-corrected chi connectivity index (χ3v) is 5.31. The second-order valence-corrected chi connectivity index (χ2v) is 7.02. The van der Waals surface area contributed by atoms with Crippen LogP contribution in [0, 0.1) is 11.3 Å². The minimum Gasteiger partial charge on any atom is -0.393 e. The number of carbonyl (C=O) groups excluding carboxylic acids is 1. The van der Waals surface area contributed by atoms with Crippen LogP contribution in [0.25, 0.3) is 0 Å². The van der Waals surface area contributed by atoms with E-state index in [1.54, 1.807) is 6.20 Å². The van der Waals surface area contributed by atoms with Crippen molar-refractivity contribution < 1.29 is 9.90 Å². The molecule has 2 heterocycles. The number of anilines is 1. The molecule has 0 aromatic carbocycles. The third-order valence-electron chi connectivity index (χ3n) is 5.31. The third kappa shape index (κ3) is 2.59. The number of nitrogens with zero attached hydrogens (tertiary/aromatic N) is 2. The molecule has 116 valence electrons. The number of aromatic nitrogens is 2. The quantitative estimate of drug-likeness (QED) is 0.878. The molecular formula is C16H25N3O2. The fourth-order valence-corrected chi connectivity index (χ4v) is 3.79. The smallest absolute Gasteiger partial charge is 0.233 e. The Labute approximate surface area is 125 Å². The van der Waals surface area contributed by atoms with E-state index in [2.05, 4.69) is 24.0 Å². The van der Waals surface area contributed by atoms with Crippen molar-refractivity contribution in [2.24, 2.45) is 11.3 Å². The average Bonchev–Trinajstić information content (AvgIpc) is 2.95. The SMILES string of the molecule is CC(C)(C(=O)N1CCCc2[nH]ncc21)C1CCC(O)CC1. The highest BCUT2D eigenvalue weighted by Gasteiger charge is 2.42. The van der Waals surface area contributed by atoms with Crippen LogP contribution in [0.3, 0.4) is 0 Å². The summed E-state index contributed by atoms with van der Waals surface area (Å²) < 4.78 is 0. The van der Waals surface area contributed by atoms with Gasteiger partial charge >= 0.3 is 0 Å². The van der Waals surface area contributed by atoms with Crippen LogP contribution in [0.4, 0.5) is 5.69 Å². The molecule has 1 aliphatic carbocycles. The minimum atomic E-state index is -0.383. The van der Waals surface area contributed by atoms with Crippen LogP contribution in [0.2, 0.25) is 0 Å². The van der Waals surface area contributed by atoms with Gasteiger partial charge in [-0.2, -0.15) is 5.10 Å². The molecular weight excluding hydrogens is 266 g/mol. The number of hydrogen-bond donors (Lipinski definition) is 2. The summed E-state index contributed by atoms with van der Waals surface area (Å²) in [6.45, 7) is 4.91. The summed E-state index contributed by atoms with van der Waals surface area (Å²) in [4.78, 5) is 15.0. The zero-order valence-electron chi connectivity index (χ0n) is 12.9. The number of aliphatic hydroxyl groups is 1. The lowest BCUT2D eigenvalue weighted by Gasteiger charge is -2.41. The Balaban J connectivity index is 1.78. The number of aryl methyl sites for hydroxylation is 1. The van der Waals surface area contributed by atoms with Gasteiger partial charge in [0.2, 0.25) is 5.91 Å². The number of aromatic amines is 1. The number of H-pyrrole nitrogens is 1. The molecule has 1 aliphatic heterocycles. The topological polar surface area (TPSA) is 69.2 Å². The molecule has 0 atom stereocenters. The van der Waals surface area contributed by atoms with Gasteiger partial charge in [-0.1, -0.05) is 13.8 Å². The standard InChI is InChI=1S/C16H25N3O2/c1-16(2,11-5-7-12(20)8-6-11)15(21)19-9-3-4-13-14(19)10-17-18-13/h10-12,20H,3-9H2,1-2H3,(H,17,18). The monoisotopic (exact) mass is 291 g/mol. The Bertz CT molecular complexity index is 515. The van der Waals surface area contributed by atoms with E-state index >= 15 is 0 Å². The maximum Gasteiger partial charge on any atom is 0.233 e. The van der Waals surface area contributed by atoms with Gasteiger partial charge < -0.3 is 10.0 Å². The van der Waals surface area contributed by atoms with Crippen molar-refractivity contribution in [3.63, 3.8) is 0 Å². The zero-order chi connectivity index (χ0) is 15.0. The van der Waals surface area contributed by atoms with Crippen molar-refractivity contribution in [1.82, 2.24) is 10.2 Å². The molecule has 1 aromatic heterocycles. The Morgan fingerprint density at radius 1 is 1.38 bits per heavy atom. The first-order chi connectivity index (χ1) is 10.00. The molecule has 5 nitrogen and oxygen atoms in total. The molecule has 0 radical (unpaired) electrons. The molecule has 2 aliphatic rings. The van der Waals surface area contributed by atoms with Gasteiger partial charge in [-0.3, -0.25) is 9.89 Å². The van der Waals surface area contributed by atoms with Gasteiger partial charge in [-0.05, 0) is 44.4 Å². The summed E-state index contributed by atoms with van der Waals surface area (Å²) in [7, 11) is 0. The van der Waals surface area contributed by atoms with Crippen molar-refractivity contribution in [2.45, 2.75) is 58.5 Å². The first kappa shape index (κ1) is 14.6. The maximum atomic E-state index is 13.1. The predicted molar refractivity (Wildman–Crippen MR) is 81.0 cm³/mol. The van der Waals surface area contributed by atoms with Crippen molar-refractivity contribution in [3.05, 3.63) is 11.9 Å². The van der Waals surface area contributed by atoms with Gasteiger partial charge in [0, 0.05) is 12.0 Å². The number of fused-ring (bicyclic) bond motifs is 1. The number of rotatable bonds is 2. The Hall–Kier alpha value is -1.36. The number of nitrogens with one attached hydrogen (secondary N) is 1. The van der Waals surface area contributed by atoms with E-state index < -0.39 is 0 Å². The summed E-state index contributed by atoms with van der Waals surface area (Å²) in [6.07, 6.45) is 7.06. The molecule has 0 saturated heterocycles. The van der Waals surface area contributed by atoms with Crippen LogP contribution in [0.15, 0.2) is 6.20 Å². The molecule has 1 fully saturated rings. The average molecular weight is 291 g/mol. The Morgan fingerprint density at radius 3 is 2.81 bits per heavy atom. The maximum absolute atomic E-state index is 13.1. The second kappa shape index (κ2) is 5.44. The minimum absolute atomic E-state index is 0.178. The summed E-state index contributed by atoms with van der Waals surface area (Å²) in [6, 6.07) is 0. The molecule has 1 amide bonds. The zero-order valence-corrected chi connectivity index (χ0v) is 12.9. The van der Waals surface area contributed by atoms with E-state index in [4.69, 9.17) is 0 Å². The highest BCUT2D eigenvalue weighted by Crippen LogP contribution is 2.41. The lowest BCUT2D eigenvalue weighted by Crippen LogP contribution is -2.47. The first-order valence-electron chi connectivity index (χ1n) is 8.02. The molecule has 0 bridgehead atoms. The Morgan fingerprint density at radius 2 is 2.10 bits per heavy atom. The summed E-state index contributed by atoms with van der Waals surface area (Å²) in [5.74, 6) is 0.553. The molecule has 1 aromatic rings. The second-order valence-electron chi connectivity index (χ2n) is 7.02. The fraction of sp³-hybridized carbons (Fsp3) is 0.750. The van der Waals surface area contributed by atoms with Crippen LogP contribution in [-0.2, 0) is 11.2 Å². The van der Waals surface area contributed by atoms with Gasteiger partial charge in [-0.25, -0.2) is 0 Å². The van der Waals surface area contributed by atoms with E-state index in [-0.39, 0.29) is 17.4 Å². The summed E-state index contributed by atoms with van der Waals surface area (Å²) >= 11 is 0. The Kier molecular flexibility index (Phi) is 3.78. The van der Waals surface area contributed by atoms with Gasteiger partial charge in [0.05, 0.1) is 23.7 Å². The largest absolute Gasteiger partial charge is 0.393 e. The van der Waals surface area contributed by atoms with Gasteiger partial charge in [0.25, 0.3) is 0 Å². The van der Waals surface area contributed by atoms with Crippen LogP contribution in [-0.4, -0.2) is 33.9 Å². The summed E-state index contributed by atoms with van der Waals surface area (Å²) in [5, 5.41) is 16.8. The molecule has 0 unspecified atom stereocenters. The van der Waals surface area contributed by atoms with E-state index in [0.717, 1.165) is 56.5 Å². The predicted octanol–water partition coefficient (Wildman–Crippen LogP) is 2.27. The van der Waals surface area contributed by atoms with Crippen molar-refractivity contribution >= 4 is 11.6 Å². The fourth-order valence-electron chi connectivity index (χ4n) is 3.79.